The number of nitrogens with two attached hydrogens (primary N) is 1. The van der Waals surface area contributed by atoms with Gasteiger partial charge in [-0.05, 0) is 36.8 Å². The van der Waals surface area contributed by atoms with E-state index in [-0.39, 0.29) is 17.6 Å². The number of anilines is 1. The number of nitrogens with zero attached hydrogens (tertiary/aromatic N) is 1. The molecular weight excluding hydrogens is 306 g/mol. The second-order valence-corrected chi connectivity index (χ2v) is 5.11. The third-order valence-electron chi connectivity index (χ3n) is 2.75. The number of benzene rings is 1. The Morgan fingerprint density at radius 2 is 2.16 bits per heavy atom. The van der Waals surface area contributed by atoms with Gasteiger partial charge in [-0.15, -0.1) is 0 Å². The van der Waals surface area contributed by atoms with Crippen LogP contribution < -0.4 is 11.1 Å². The average molecular weight is 320 g/mol. The van der Waals surface area contributed by atoms with Gasteiger partial charge in [0, 0.05) is 10.7 Å². The van der Waals surface area contributed by atoms with Crippen LogP contribution in [0.4, 0.5) is 5.69 Å². The van der Waals surface area contributed by atoms with Crippen molar-refractivity contribution in [1.29, 1.82) is 0 Å². The van der Waals surface area contributed by atoms with Crippen LogP contribution in [0.5, 0.6) is 0 Å². The van der Waals surface area contributed by atoms with Crippen molar-refractivity contribution in [2.24, 2.45) is 0 Å². The van der Waals surface area contributed by atoms with E-state index in [1.807, 2.05) is 31.2 Å². The number of carbonyl (C=O) groups excluding carboxylic acids is 1. The maximum Gasteiger partial charge on any atom is 0.272 e. The van der Waals surface area contributed by atoms with Gasteiger partial charge in [-0.2, -0.15) is 0 Å². The van der Waals surface area contributed by atoms with Crippen molar-refractivity contribution in [2.45, 2.75) is 13.0 Å². The monoisotopic (exact) mass is 319 g/mol. The normalized spacial score (nSPS) is 11.9. The van der Waals surface area contributed by atoms with Gasteiger partial charge >= 0.3 is 0 Å². The van der Waals surface area contributed by atoms with E-state index in [0.717, 1.165) is 10.0 Å². The number of nitrogens with one attached hydrogen (secondary N) is 1. The zero-order chi connectivity index (χ0) is 13.8. The molecule has 1 atom stereocenters. The quantitative estimate of drug-likeness (QED) is 0.914. The molecule has 0 fully saturated rings. The van der Waals surface area contributed by atoms with E-state index >= 15 is 0 Å². The summed E-state index contributed by atoms with van der Waals surface area (Å²) in [6.07, 6.45) is 1.55. The van der Waals surface area contributed by atoms with E-state index in [1.165, 1.54) is 0 Å². The number of hydrogen-bond donors (Lipinski definition) is 2. The Hall–Kier alpha value is -1.88. The molecule has 0 spiro atoms. The molecule has 4 nitrogen and oxygen atoms in total. The van der Waals surface area contributed by atoms with Crippen LogP contribution in [0.25, 0.3) is 0 Å². The Morgan fingerprint density at radius 3 is 2.84 bits per heavy atom. The number of carbonyl (C=O) groups is 1. The van der Waals surface area contributed by atoms with Crippen molar-refractivity contribution in [3.63, 3.8) is 0 Å². The van der Waals surface area contributed by atoms with E-state index in [4.69, 9.17) is 5.73 Å². The van der Waals surface area contributed by atoms with Crippen molar-refractivity contribution in [1.82, 2.24) is 10.3 Å². The highest BCUT2D eigenvalue weighted by molar-refractivity contribution is 9.10. The fraction of sp³-hybridized carbons (Fsp3) is 0.143. The van der Waals surface area contributed by atoms with Crippen LogP contribution in [-0.2, 0) is 0 Å². The van der Waals surface area contributed by atoms with Gasteiger partial charge in [-0.3, -0.25) is 4.79 Å². The van der Waals surface area contributed by atoms with Gasteiger partial charge in [0.05, 0.1) is 11.7 Å². The minimum atomic E-state index is -0.273. The fourth-order valence-electron chi connectivity index (χ4n) is 1.73. The molecule has 98 valence electrons. The van der Waals surface area contributed by atoms with Crippen LogP contribution in [0.1, 0.15) is 29.0 Å². The zero-order valence-electron chi connectivity index (χ0n) is 10.4. The minimum absolute atomic E-state index is 0.119. The molecule has 0 aliphatic heterocycles. The van der Waals surface area contributed by atoms with Gasteiger partial charge in [-0.25, -0.2) is 4.98 Å². The maximum absolute atomic E-state index is 12.1. The van der Waals surface area contributed by atoms with Crippen LogP contribution in [-0.4, -0.2) is 10.9 Å². The lowest BCUT2D eigenvalue weighted by Crippen LogP contribution is -2.28. The summed E-state index contributed by atoms with van der Waals surface area (Å²) in [5.41, 5.74) is 7.37. The Bertz CT molecular complexity index is 601. The number of halogens is 1. The molecule has 1 unspecified atom stereocenters. The molecule has 0 saturated heterocycles. The van der Waals surface area contributed by atoms with E-state index in [0.29, 0.717) is 5.69 Å². The zero-order valence-corrected chi connectivity index (χ0v) is 12.0. The van der Waals surface area contributed by atoms with Gasteiger partial charge in [0.15, 0.2) is 5.69 Å². The first-order valence-electron chi connectivity index (χ1n) is 5.84. The predicted octanol–water partition coefficient (Wildman–Crippen LogP) is 2.92. The number of hydrogen-bond acceptors (Lipinski definition) is 3. The highest BCUT2D eigenvalue weighted by Crippen LogP contribution is 2.18. The standard InChI is InChI=1S/C14H14BrN3O/c1-9(10-4-2-5-11(15)8-10)18-14(19)13-12(16)6-3-7-17-13/h2-9H,16H2,1H3,(H,18,19). The molecule has 3 N–H and O–H groups in total. The molecule has 1 aromatic heterocycles. The summed E-state index contributed by atoms with van der Waals surface area (Å²) >= 11 is 3.41. The molecule has 2 aromatic rings. The molecule has 0 aliphatic rings. The molecule has 0 radical (unpaired) electrons. The lowest BCUT2D eigenvalue weighted by molar-refractivity contribution is 0.0936. The summed E-state index contributed by atoms with van der Waals surface area (Å²) < 4.78 is 0.975. The number of amides is 1. The van der Waals surface area contributed by atoms with Gasteiger partial charge in [-0.1, -0.05) is 28.1 Å². The fourth-order valence-corrected chi connectivity index (χ4v) is 2.15. The number of aromatic nitrogens is 1. The maximum atomic E-state index is 12.1. The summed E-state index contributed by atoms with van der Waals surface area (Å²) in [4.78, 5) is 16.1. The van der Waals surface area contributed by atoms with Crippen LogP contribution in [0, 0.1) is 0 Å². The van der Waals surface area contributed by atoms with Crippen LogP contribution in [0.2, 0.25) is 0 Å². The molecular formula is C14H14BrN3O. The first-order chi connectivity index (χ1) is 9.08. The van der Waals surface area contributed by atoms with Gasteiger partial charge in [0.1, 0.15) is 0 Å². The van der Waals surface area contributed by atoms with E-state index < -0.39 is 0 Å². The van der Waals surface area contributed by atoms with Gasteiger partial charge in [0.2, 0.25) is 0 Å². The van der Waals surface area contributed by atoms with Crippen molar-refractivity contribution < 1.29 is 4.79 Å². The van der Waals surface area contributed by atoms with Crippen molar-refractivity contribution in [3.8, 4) is 0 Å². The van der Waals surface area contributed by atoms with Crippen LogP contribution >= 0.6 is 15.9 Å². The molecule has 0 saturated carbocycles. The molecule has 19 heavy (non-hydrogen) atoms. The predicted molar refractivity (Wildman–Crippen MR) is 78.7 cm³/mol. The largest absolute Gasteiger partial charge is 0.397 e. The number of pyridine rings is 1. The summed E-state index contributed by atoms with van der Waals surface area (Å²) in [6.45, 7) is 1.92. The van der Waals surface area contributed by atoms with Crippen molar-refractivity contribution in [3.05, 3.63) is 58.3 Å². The lowest BCUT2D eigenvalue weighted by Gasteiger charge is -2.15. The number of rotatable bonds is 3. The third kappa shape index (κ3) is 3.32. The minimum Gasteiger partial charge on any atom is -0.397 e. The lowest BCUT2D eigenvalue weighted by atomic mass is 10.1. The SMILES string of the molecule is CC(NC(=O)c1ncccc1N)c1cccc(Br)c1. The van der Waals surface area contributed by atoms with Crippen molar-refractivity contribution in [2.75, 3.05) is 5.73 Å². The smallest absolute Gasteiger partial charge is 0.272 e. The Morgan fingerprint density at radius 1 is 1.37 bits per heavy atom. The summed E-state index contributed by atoms with van der Waals surface area (Å²) in [5.74, 6) is -0.273. The summed E-state index contributed by atoms with van der Waals surface area (Å²) in [5, 5.41) is 2.88. The highest BCUT2D eigenvalue weighted by atomic mass is 79.9. The Balaban J connectivity index is 2.13. The molecule has 1 heterocycles. The summed E-state index contributed by atoms with van der Waals surface area (Å²) in [7, 11) is 0. The molecule has 1 aromatic carbocycles. The van der Waals surface area contributed by atoms with Gasteiger partial charge in [0.25, 0.3) is 5.91 Å². The van der Waals surface area contributed by atoms with E-state index in [1.54, 1.807) is 18.3 Å². The van der Waals surface area contributed by atoms with E-state index in [9.17, 15) is 4.79 Å². The first-order valence-corrected chi connectivity index (χ1v) is 6.64. The molecule has 5 heteroatoms. The van der Waals surface area contributed by atoms with Crippen LogP contribution in [0.15, 0.2) is 47.1 Å². The van der Waals surface area contributed by atoms with E-state index in [2.05, 4.69) is 26.2 Å². The van der Waals surface area contributed by atoms with Gasteiger partial charge < -0.3 is 11.1 Å². The second-order valence-electron chi connectivity index (χ2n) is 4.19. The molecule has 0 aliphatic carbocycles. The molecule has 1 amide bonds. The molecule has 0 bridgehead atoms. The highest BCUT2D eigenvalue weighted by Gasteiger charge is 2.14. The number of nitrogen functional groups attached to an aromatic ring is 1. The third-order valence-corrected chi connectivity index (χ3v) is 3.24. The first kappa shape index (κ1) is 13.5. The average Bonchev–Trinajstić information content (AvgIpc) is 2.39. The Kier molecular flexibility index (Phi) is 4.16. The Labute approximate surface area is 120 Å². The van der Waals surface area contributed by atoms with Crippen molar-refractivity contribution >= 4 is 27.5 Å². The molecule has 2 rings (SSSR count). The second kappa shape index (κ2) is 5.84. The summed E-state index contributed by atoms with van der Waals surface area (Å²) in [6, 6.07) is 11.0. The topological polar surface area (TPSA) is 68.0 Å². The van der Waals surface area contributed by atoms with Crippen LogP contribution in [0.3, 0.4) is 0 Å².